The molecule has 2 rings (SSSR count). The lowest BCUT2D eigenvalue weighted by atomic mass is 10.2. The Bertz CT molecular complexity index is 552. The van der Waals surface area contributed by atoms with Gasteiger partial charge in [-0.25, -0.2) is 4.98 Å². The van der Waals surface area contributed by atoms with Crippen molar-refractivity contribution in [2.24, 2.45) is 0 Å². The Morgan fingerprint density at radius 3 is 2.72 bits per heavy atom. The minimum Gasteiger partial charge on any atom is -0.396 e. The summed E-state index contributed by atoms with van der Waals surface area (Å²) in [6.07, 6.45) is 1.81. The Balaban J connectivity index is 2.02. The number of H-pyrrole nitrogens is 1. The van der Waals surface area contributed by atoms with Crippen molar-refractivity contribution in [1.29, 1.82) is 0 Å². The van der Waals surface area contributed by atoms with Gasteiger partial charge in [-0.2, -0.15) is 0 Å². The second-order valence-corrected chi connectivity index (χ2v) is 3.90. The number of aliphatic hydroxyl groups is 1. The summed E-state index contributed by atoms with van der Waals surface area (Å²) in [5, 5.41) is 11.8. The molecule has 0 aliphatic rings. The van der Waals surface area contributed by atoms with E-state index in [4.69, 9.17) is 5.11 Å². The number of hydrogen-bond acceptors (Lipinski definition) is 4. The number of anilines is 1. The predicted molar refractivity (Wildman–Crippen MR) is 69.4 cm³/mol. The second kappa shape index (κ2) is 5.97. The standard InChI is InChI=1S/C13H15N3O2/c17-7-6-11-9-15-13(16-12(11)18)14-8-10-4-2-1-3-5-10/h1-5,9,17H,6-8H2,(H2,14,15,16,18). The summed E-state index contributed by atoms with van der Waals surface area (Å²) in [6.45, 7) is 0.546. The van der Waals surface area contributed by atoms with Crippen molar-refractivity contribution in [1.82, 2.24) is 9.97 Å². The lowest BCUT2D eigenvalue weighted by Gasteiger charge is -2.05. The first-order valence-electron chi connectivity index (χ1n) is 5.76. The maximum atomic E-state index is 11.6. The first-order valence-corrected chi connectivity index (χ1v) is 5.76. The van der Waals surface area contributed by atoms with Gasteiger partial charge in [0.1, 0.15) is 0 Å². The third kappa shape index (κ3) is 3.18. The highest BCUT2D eigenvalue weighted by Crippen LogP contribution is 2.02. The average Bonchev–Trinajstić information content (AvgIpc) is 2.41. The molecule has 0 aliphatic heterocycles. The van der Waals surface area contributed by atoms with E-state index >= 15 is 0 Å². The van der Waals surface area contributed by atoms with Crippen molar-refractivity contribution < 1.29 is 5.11 Å². The normalized spacial score (nSPS) is 10.3. The summed E-state index contributed by atoms with van der Waals surface area (Å²) >= 11 is 0. The molecular formula is C13H15N3O2. The molecule has 0 aliphatic carbocycles. The molecule has 0 radical (unpaired) electrons. The highest BCUT2D eigenvalue weighted by Gasteiger charge is 2.01. The van der Waals surface area contributed by atoms with Gasteiger partial charge in [-0.05, 0) is 5.56 Å². The van der Waals surface area contributed by atoms with E-state index in [0.717, 1.165) is 5.56 Å². The Hall–Kier alpha value is -2.14. The number of nitrogens with zero attached hydrogens (tertiary/aromatic N) is 1. The quantitative estimate of drug-likeness (QED) is 0.732. The molecule has 0 amide bonds. The molecule has 0 saturated carbocycles. The summed E-state index contributed by atoms with van der Waals surface area (Å²) in [4.78, 5) is 18.3. The van der Waals surface area contributed by atoms with Gasteiger partial charge < -0.3 is 10.4 Å². The molecule has 1 heterocycles. The molecule has 18 heavy (non-hydrogen) atoms. The van der Waals surface area contributed by atoms with E-state index in [0.29, 0.717) is 24.5 Å². The fourth-order valence-corrected chi connectivity index (χ4v) is 1.59. The molecule has 0 fully saturated rings. The Kier molecular flexibility index (Phi) is 4.09. The highest BCUT2D eigenvalue weighted by atomic mass is 16.3. The Morgan fingerprint density at radius 2 is 2.06 bits per heavy atom. The molecule has 0 unspecified atom stereocenters. The third-order valence-electron chi connectivity index (χ3n) is 2.56. The number of aromatic amines is 1. The minimum atomic E-state index is -0.213. The first-order chi connectivity index (χ1) is 8.79. The van der Waals surface area contributed by atoms with Gasteiger partial charge in [0, 0.05) is 31.3 Å². The zero-order chi connectivity index (χ0) is 12.8. The molecule has 1 aromatic heterocycles. The lowest BCUT2D eigenvalue weighted by Crippen LogP contribution is -2.17. The van der Waals surface area contributed by atoms with Crippen LogP contribution in [0.3, 0.4) is 0 Å². The number of nitrogens with one attached hydrogen (secondary N) is 2. The van der Waals surface area contributed by atoms with E-state index in [2.05, 4.69) is 15.3 Å². The number of aliphatic hydroxyl groups excluding tert-OH is 1. The summed E-state index contributed by atoms with van der Waals surface area (Å²) in [5.74, 6) is 0.436. The van der Waals surface area contributed by atoms with Crippen LogP contribution in [-0.4, -0.2) is 21.7 Å². The van der Waals surface area contributed by atoms with Crippen LogP contribution in [0.25, 0.3) is 0 Å². The molecule has 0 atom stereocenters. The fourth-order valence-electron chi connectivity index (χ4n) is 1.59. The topological polar surface area (TPSA) is 78.0 Å². The Morgan fingerprint density at radius 1 is 1.28 bits per heavy atom. The molecule has 2 aromatic rings. The summed E-state index contributed by atoms with van der Waals surface area (Å²) in [6, 6.07) is 9.85. The summed E-state index contributed by atoms with van der Waals surface area (Å²) in [5.41, 5.74) is 1.39. The number of aromatic nitrogens is 2. The van der Waals surface area contributed by atoms with Crippen LogP contribution < -0.4 is 10.9 Å². The van der Waals surface area contributed by atoms with Crippen LogP contribution in [0.4, 0.5) is 5.95 Å². The molecule has 0 bridgehead atoms. The van der Waals surface area contributed by atoms with Crippen molar-refractivity contribution in [3.8, 4) is 0 Å². The summed E-state index contributed by atoms with van der Waals surface area (Å²) in [7, 11) is 0. The molecule has 0 saturated heterocycles. The van der Waals surface area contributed by atoms with Gasteiger partial charge in [0.05, 0.1) is 0 Å². The van der Waals surface area contributed by atoms with Gasteiger partial charge in [0.15, 0.2) is 0 Å². The van der Waals surface area contributed by atoms with E-state index < -0.39 is 0 Å². The smallest absolute Gasteiger partial charge is 0.255 e. The van der Waals surface area contributed by atoms with E-state index in [9.17, 15) is 4.79 Å². The second-order valence-electron chi connectivity index (χ2n) is 3.90. The van der Waals surface area contributed by atoms with Crippen LogP contribution in [0, 0.1) is 0 Å². The maximum Gasteiger partial charge on any atom is 0.255 e. The highest BCUT2D eigenvalue weighted by molar-refractivity contribution is 5.28. The largest absolute Gasteiger partial charge is 0.396 e. The van der Waals surface area contributed by atoms with Gasteiger partial charge in [0.2, 0.25) is 5.95 Å². The van der Waals surface area contributed by atoms with E-state index in [1.807, 2.05) is 30.3 Å². The van der Waals surface area contributed by atoms with Crippen LogP contribution in [0.5, 0.6) is 0 Å². The monoisotopic (exact) mass is 245 g/mol. The lowest BCUT2D eigenvalue weighted by molar-refractivity contribution is 0.299. The van der Waals surface area contributed by atoms with E-state index in [1.165, 1.54) is 6.20 Å². The van der Waals surface area contributed by atoms with Gasteiger partial charge in [-0.3, -0.25) is 9.78 Å². The molecule has 1 aromatic carbocycles. The van der Waals surface area contributed by atoms with Crippen molar-refractivity contribution in [2.45, 2.75) is 13.0 Å². The van der Waals surface area contributed by atoms with Gasteiger partial charge in [-0.1, -0.05) is 30.3 Å². The molecule has 0 spiro atoms. The molecule has 5 nitrogen and oxygen atoms in total. The van der Waals surface area contributed by atoms with E-state index in [-0.39, 0.29) is 12.2 Å². The van der Waals surface area contributed by atoms with Crippen molar-refractivity contribution in [2.75, 3.05) is 11.9 Å². The van der Waals surface area contributed by atoms with Crippen LogP contribution in [0.2, 0.25) is 0 Å². The van der Waals surface area contributed by atoms with Gasteiger partial charge in [0.25, 0.3) is 5.56 Å². The molecule has 5 heteroatoms. The Labute approximate surface area is 105 Å². The molecule has 3 N–H and O–H groups in total. The maximum absolute atomic E-state index is 11.6. The van der Waals surface area contributed by atoms with E-state index in [1.54, 1.807) is 0 Å². The minimum absolute atomic E-state index is 0.0540. The number of rotatable bonds is 5. The molecular weight excluding hydrogens is 230 g/mol. The van der Waals surface area contributed by atoms with Crippen LogP contribution in [0.15, 0.2) is 41.3 Å². The van der Waals surface area contributed by atoms with Crippen molar-refractivity contribution in [3.05, 3.63) is 58.0 Å². The zero-order valence-corrected chi connectivity index (χ0v) is 9.89. The zero-order valence-electron chi connectivity index (χ0n) is 9.89. The number of hydrogen-bond donors (Lipinski definition) is 3. The molecule has 94 valence electrons. The van der Waals surface area contributed by atoms with Crippen molar-refractivity contribution >= 4 is 5.95 Å². The van der Waals surface area contributed by atoms with Gasteiger partial charge >= 0.3 is 0 Å². The van der Waals surface area contributed by atoms with Crippen LogP contribution in [-0.2, 0) is 13.0 Å². The average molecular weight is 245 g/mol. The van der Waals surface area contributed by atoms with Crippen LogP contribution >= 0.6 is 0 Å². The van der Waals surface area contributed by atoms with Gasteiger partial charge in [-0.15, -0.1) is 0 Å². The third-order valence-corrected chi connectivity index (χ3v) is 2.56. The SMILES string of the molecule is O=c1[nH]c(NCc2ccccc2)ncc1CCO. The van der Waals surface area contributed by atoms with Crippen LogP contribution in [0.1, 0.15) is 11.1 Å². The van der Waals surface area contributed by atoms with Crippen molar-refractivity contribution in [3.63, 3.8) is 0 Å². The first kappa shape index (κ1) is 12.3. The predicted octanol–water partition coefficient (Wildman–Crippen LogP) is 0.917. The fraction of sp³-hybridized carbons (Fsp3) is 0.231. The number of benzene rings is 1. The summed E-state index contributed by atoms with van der Waals surface area (Å²) < 4.78 is 0.